The Balaban J connectivity index is 2.46. The van der Waals surface area contributed by atoms with Crippen molar-refractivity contribution in [3.05, 3.63) is 23.4 Å². The number of nitrogens with zero attached hydrogens (tertiary/aromatic N) is 1. The van der Waals surface area contributed by atoms with Gasteiger partial charge in [-0.2, -0.15) is 0 Å². The van der Waals surface area contributed by atoms with Crippen molar-refractivity contribution in [2.24, 2.45) is 0 Å². The first kappa shape index (κ1) is 7.55. The lowest BCUT2D eigenvalue weighted by molar-refractivity contribution is 0.168. The second kappa shape index (κ2) is 2.75. The minimum absolute atomic E-state index is 0.339. The second-order valence-electron chi connectivity index (χ2n) is 3.12. The average molecular weight is 164 g/mol. The van der Waals surface area contributed by atoms with Crippen LogP contribution in [0.1, 0.15) is 23.8 Å². The third kappa shape index (κ3) is 1.16. The van der Waals surface area contributed by atoms with Gasteiger partial charge < -0.3 is 10.4 Å². The summed E-state index contributed by atoms with van der Waals surface area (Å²) in [5, 5.41) is 12.7. The van der Waals surface area contributed by atoms with Crippen LogP contribution in [0.3, 0.4) is 0 Å². The molecule has 3 heteroatoms. The maximum Gasteiger partial charge on any atom is 0.132 e. The molecule has 1 atom stereocenters. The Bertz CT molecular complexity index is 299. The van der Waals surface area contributed by atoms with Gasteiger partial charge in [-0.05, 0) is 19.4 Å². The molecule has 0 amide bonds. The van der Waals surface area contributed by atoms with E-state index in [0.29, 0.717) is 0 Å². The van der Waals surface area contributed by atoms with E-state index in [1.54, 1.807) is 0 Å². The SMILES string of the molecule is Cc1ccc2c(n1)NCCC2O. The molecule has 0 saturated carbocycles. The molecule has 1 aliphatic heterocycles. The van der Waals surface area contributed by atoms with Crippen molar-refractivity contribution in [3.8, 4) is 0 Å². The fourth-order valence-electron chi connectivity index (χ4n) is 1.46. The molecule has 2 N–H and O–H groups in total. The molecule has 0 spiro atoms. The van der Waals surface area contributed by atoms with E-state index in [-0.39, 0.29) is 6.10 Å². The fourth-order valence-corrected chi connectivity index (χ4v) is 1.46. The average Bonchev–Trinajstić information content (AvgIpc) is 2.04. The summed E-state index contributed by atoms with van der Waals surface area (Å²) in [6.07, 6.45) is 0.437. The molecule has 0 radical (unpaired) electrons. The summed E-state index contributed by atoms with van der Waals surface area (Å²) in [4.78, 5) is 4.29. The number of aliphatic hydroxyl groups excluding tert-OH is 1. The lowest BCUT2D eigenvalue weighted by Gasteiger charge is -2.21. The van der Waals surface area contributed by atoms with Gasteiger partial charge >= 0.3 is 0 Å². The van der Waals surface area contributed by atoms with Gasteiger partial charge in [-0.1, -0.05) is 6.07 Å². The number of aromatic nitrogens is 1. The minimum atomic E-state index is -0.339. The molecular weight excluding hydrogens is 152 g/mol. The van der Waals surface area contributed by atoms with Gasteiger partial charge in [-0.15, -0.1) is 0 Å². The number of rotatable bonds is 0. The van der Waals surface area contributed by atoms with E-state index in [4.69, 9.17) is 0 Å². The Hall–Kier alpha value is -1.09. The van der Waals surface area contributed by atoms with Crippen LogP contribution in [0.2, 0.25) is 0 Å². The number of aryl methyl sites for hydroxylation is 1. The van der Waals surface area contributed by atoms with Gasteiger partial charge in [0.25, 0.3) is 0 Å². The molecule has 0 aliphatic carbocycles. The van der Waals surface area contributed by atoms with Gasteiger partial charge in [0.15, 0.2) is 0 Å². The highest BCUT2D eigenvalue weighted by Crippen LogP contribution is 2.27. The number of nitrogens with one attached hydrogen (secondary N) is 1. The smallest absolute Gasteiger partial charge is 0.132 e. The molecule has 2 heterocycles. The molecule has 1 aromatic rings. The molecule has 1 unspecified atom stereocenters. The van der Waals surface area contributed by atoms with Crippen molar-refractivity contribution >= 4 is 5.82 Å². The highest BCUT2D eigenvalue weighted by molar-refractivity contribution is 5.48. The molecule has 1 aliphatic rings. The van der Waals surface area contributed by atoms with Crippen molar-refractivity contribution in [1.82, 2.24) is 4.98 Å². The van der Waals surface area contributed by atoms with Crippen LogP contribution in [-0.2, 0) is 0 Å². The van der Waals surface area contributed by atoms with Crippen molar-refractivity contribution < 1.29 is 5.11 Å². The summed E-state index contributed by atoms with van der Waals surface area (Å²) in [5.41, 5.74) is 1.90. The largest absolute Gasteiger partial charge is 0.388 e. The molecular formula is C9H12N2O. The monoisotopic (exact) mass is 164 g/mol. The van der Waals surface area contributed by atoms with Gasteiger partial charge in [0.2, 0.25) is 0 Å². The maximum absolute atomic E-state index is 9.57. The van der Waals surface area contributed by atoms with Gasteiger partial charge in [0.1, 0.15) is 5.82 Å². The molecule has 0 aromatic carbocycles. The Labute approximate surface area is 71.4 Å². The number of hydrogen-bond acceptors (Lipinski definition) is 3. The van der Waals surface area contributed by atoms with Gasteiger partial charge in [-0.3, -0.25) is 0 Å². The maximum atomic E-state index is 9.57. The van der Waals surface area contributed by atoms with Crippen molar-refractivity contribution in [1.29, 1.82) is 0 Å². The normalized spacial score (nSPS) is 21.3. The van der Waals surface area contributed by atoms with Gasteiger partial charge in [0.05, 0.1) is 6.10 Å². The molecule has 3 nitrogen and oxygen atoms in total. The van der Waals surface area contributed by atoms with Gasteiger partial charge in [0, 0.05) is 17.8 Å². The third-order valence-corrected chi connectivity index (χ3v) is 2.13. The Morgan fingerprint density at radius 2 is 2.42 bits per heavy atom. The fraction of sp³-hybridized carbons (Fsp3) is 0.444. The zero-order chi connectivity index (χ0) is 8.55. The molecule has 1 aromatic heterocycles. The van der Waals surface area contributed by atoms with Crippen LogP contribution in [0.15, 0.2) is 12.1 Å². The molecule has 0 fully saturated rings. The first-order valence-corrected chi connectivity index (χ1v) is 4.17. The number of anilines is 1. The van der Waals surface area contributed by atoms with E-state index in [1.165, 1.54) is 0 Å². The van der Waals surface area contributed by atoms with Crippen molar-refractivity contribution in [3.63, 3.8) is 0 Å². The minimum Gasteiger partial charge on any atom is -0.388 e. The molecule has 64 valence electrons. The first-order valence-electron chi connectivity index (χ1n) is 4.17. The van der Waals surface area contributed by atoms with Crippen LogP contribution >= 0.6 is 0 Å². The lowest BCUT2D eigenvalue weighted by atomic mass is 10.0. The van der Waals surface area contributed by atoms with E-state index >= 15 is 0 Å². The number of pyridine rings is 1. The topological polar surface area (TPSA) is 45.2 Å². The van der Waals surface area contributed by atoms with Crippen LogP contribution in [0.5, 0.6) is 0 Å². The molecule has 0 saturated heterocycles. The summed E-state index contributed by atoms with van der Waals surface area (Å²) < 4.78 is 0. The van der Waals surface area contributed by atoms with E-state index in [0.717, 1.165) is 30.0 Å². The lowest BCUT2D eigenvalue weighted by Crippen LogP contribution is -2.17. The third-order valence-electron chi connectivity index (χ3n) is 2.13. The van der Waals surface area contributed by atoms with Crippen LogP contribution < -0.4 is 5.32 Å². The molecule has 2 rings (SSSR count). The first-order chi connectivity index (χ1) is 5.77. The summed E-state index contributed by atoms with van der Waals surface area (Å²) >= 11 is 0. The Morgan fingerprint density at radius 1 is 1.58 bits per heavy atom. The van der Waals surface area contributed by atoms with E-state index in [2.05, 4.69) is 10.3 Å². The second-order valence-corrected chi connectivity index (χ2v) is 3.12. The predicted molar refractivity (Wildman–Crippen MR) is 47.0 cm³/mol. The molecule has 0 bridgehead atoms. The zero-order valence-corrected chi connectivity index (χ0v) is 7.04. The standard InChI is InChI=1S/C9H12N2O/c1-6-2-3-7-8(12)4-5-10-9(7)11-6/h2-3,8,12H,4-5H2,1H3,(H,10,11). The summed E-state index contributed by atoms with van der Waals surface area (Å²) in [6, 6.07) is 3.86. The molecule has 12 heavy (non-hydrogen) atoms. The van der Waals surface area contributed by atoms with Crippen LogP contribution in [-0.4, -0.2) is 16.6 Å². The Kier molecular flexibility index (Phi) is 1.73. The highest BCUT2D eigenvalue weighted by atomic mass is 16.3. The van der Waals surface area contributed by atoms with E-state index in [9.17, 15) is 5.11 Å². The Morgan fingerprint density at radius 3 is 3.25 bits per heavy atom. The van der Waals surface area contributed by atoms with Crippen LogP contribution in [0, 0.1) is 6.92 Å². The summed E-state index contributed by atoms with van der Waals surface area (Å²) in [6.45, 7) is 2.76. The summed E-state index contributed by atoms with van der Waals surface area (Å²) in [7, 11) is 0. The quantitative estimate of drug-likeness (QED) is 0.606. The van der Waals surface area contributed by atoms with E-state index < -0.39 is 0 Å². The van der Waals surface area contributed by atoms with Crippen LogP contribution in [0.4, 0.5) is 5.82 Å². The summed E-state index contributed by atoms with van der Waals surface area (Å²) in [5.74, 6) is 0.841. The van der Waals surface area contributed by atoms with E-state index in [1.807, 2.05) is 19.1 Å². The van der Waals surface area contributed by atoms with Crippen molar-refractivity contribution in [2.45, 2.75) is 19.4 Å². The van der Waals surface area contributed by atoms with Gasteiger partial charge in [-0.25, -0.2) is 4.98 Å². The van der Waals surface area contributed by atoms with Crippen LogP contribution in [0.25, 0.3) is 0 Å². The zero-order valence-electron chi connectivity index (χ0n) is 7.04. The predicted octanol–water partition coefficient (Wildman–Crippen LogP) is 1.24. The highest BCUT2D eigenvalue weighted by Gasteiger charge is 2.17. The number of hydrogen-bond donors (Lipinski definition) is 2. The van der Waals surface area contributed by atoms with Crippen molar-refractivity contribution in [2.75, 3.05) is 11.9 Å². The number of fused-ring (bicyclic) bond motifs is 1. The number of aliphatic hydroxyl groups is 1.